The monoisotopic (exact) mass is 223 g/mol. The second kappa shape index (κ2) is 4.14. The van der Waals surface area contributed by atoms with Crippen LogP contribution in [-0.4, -0.2) is 19.2 Å². The van der Waals surface area contributed by atoms with E-state index < -0.39 is 9.84 Å². The lowest BCUT2D eigenvalue weighted by atomic mass is 10.3. The van der Waals surface area contributed by atoms with E-state index in [4.69, 9.17) is 0 Å². The molecule has 1 aromatic heterocycles. The Bertz CT molecular complexity index is 463. The number of rotatable bonds is 3. The number of sulfone groups is 1. The molecule has 1 aliphatic carbocycles. The maximum Gasteiger partial charge on any atom is 0.199 e. The van der Waals surface area contributed by atoms with Gasteiger partial charge < -0.3 is 0 Å². The highest BCUT2D eigenvalue weighted by Crippen LogP contribution is 2.21. The summed E-state index contributed by atoms with van der Waals surface area (Å²) in [5.74, 6) is 0.129. The summed E-state index contributed by atoms with van der Waals surface area (Å²) in [6, 6.07) is 4.96. The molecule has 0 fully saturated rings. The molecule has 0 radical (unpaired) electrons. The van der Waals surface area contributed by atoms with Gasteiger partial charge >= 0.3 is 0 Å². The Labute approximate surface area is 89.8 Å². The van der Waals surface area contributed by atoms with Crippen molar-refractivity contribution in [3.63, 3.8) is 0 Å². The molecule has 80 valence electrons. The fraction of sp³-hybridized carbons (Fsp3) is 0.364. The van der Waals surface area contributed by atoms with Crippen molar-refractivity contribution in [1.82, 2.24) is 4.98 Å². The summed E-state index contributed by atoms with van der Waals surface area (Å²) in [6.45, 7) is 0. The summed E-state index contributed by atoms with van der Waals surface area (Å²) < 4.78 is 23.8. The fourth-order valence-corrected chi connectivity index (χ4v) is 3.12. The van der Waals surface area contributed by atoms with E-state index in [1.165, 1.54) is 6.20 Å². The minimum atomic E-state index is -3.22. The van der Waals surface area contributed by atoms with Crippen LogP contribution < -0.4 is 0 Å². The second-order valence-electron chi connectivity index (χ2n) is 3.68. The van der Waals surface area contributed by atoms with Crippen molar-refractivity contribution < 1.29 is 8.42 Å². The maximum atomic E-state index is 11.9. The zero-order chi connectivity index (χ0) is 10.7. The number of allylic oxidation sites excluding steroid dienone is 1. The molecule has 0 aliphatic heterocycles. The van der Waals surface area contributed by atoms with Crippen LogP contribution >= 0.6 is 0 Å². The zero-order valence-corrected chi connectivity index (χ0v) is 9.20. The topological polar surface area (TPSA) is 47.0 Å². The van der Waals surface area contributed by atoms with Gasteiger partial charge in [-0.3, -0.25) is 0 Å². The normalized spacial score (nSPS) is 16.4. The average Bonchev–Trinajstić information content (AvgIpc) is 2.71. The molecule has 1 heterocycles. The van der Waals surface area contributed by atoms with Crippen LogP contribution in [0.5, 0.6) is 0 Å². The van der Waals surface area contributed by atoms with Crippen LogP contribution in [-0.2, 0) is 9.84 Å². The quantitative estimate of drug-likeness (QED) is 0.736. The molecule has 1 aliphatic rings. The second-order valence-corrected chi connectivity index (χ2v) is 5.62. The zero-order valence-electron chi connectivity index (χ0n) is 8.39. The summed E-state index contributed by atoms with van der Waals surface area (Å²) in [5, 5.41) is 0.179. The molecule has 2 rings (SSSR count). The van der Waals surface area contributed by atoms with Gasteiger partial charge in [-0.05, 0) is 31.4 Å². The summed E-state index contributed by atoms with van der Waals surface area (Å²) in [4.78, 5) is 3.88. The Kier molecular flexibility index (Phi) is 2.86. The molecule has 0 unspecified atom stereocenters. The highest BCUT2D eigenvalue weighted by Gasteiger charge is 2.18. The largest absolute Gasteiger partial charge is 0.245 e. The first-order valence-corrected chi connectivity index (χ1v) is 6.65. The number of pyridine rings is 1. The number of aromatic nitrogens is 1. The first-order valence-electron chi connectivity index (χ1n) is 5.00. The van der Waals surface area contributed by atoms with Crippen LogP contribution in [0.2, 0.25) is 0 Å². The molecule has 0 saturated heterocycles. The molecule has 3 nitrogen and oxygen atoms in total. The lowest BCUT2D eigenvalue weighted by Gasteiger charge is -2.03. The van der Waals surface area contributed by atoms with E-state index in [0.29, 0.717) is 0 Å². The van der Waals surface area contributed by atoms with Crippen molar-refractivity contribution in [2.75, 3.05) is 5.75 Å². The molecule has 0 amide bonds. The third-order valence-corrected chi connectivity index (χ3v) is 4.10. The molecule has 0 bridgehead atoms. The summed E-state index contributed by atoms with van der Waals surface area (Å²) in [6.07, 6.45) is 6.53. The SMILES string of the molecule is O=S(=O)(CC1=CCCC1)c1ccccn1. The molecule has 0 spiro atoms. The summed E-state index contributed by atoms with van der Waals surface area (Å²) >= 11 is 0. The lowest BCUT2D eigenvalue weighted by molar-refractivity contribution is 0.594. The van der Waals surface area contributed by atoms with Crippen LogP contribution in [0.4, 0.5) is 0 Å². The van der Waals surface area contributed by atoms with Gasteiger partial charge in [0, 0.05) is 6.20 Å². The Morgan fingerprint density at radius 2 is 2.20 bits per heavy atom. The van der Waals surface area contributed by atoms with Gasteiger partial charge in [0.25, 0.3) is 0 Å². The van der Waals surface area contributed by atoms with Crippen molar-refractivity contribution in [1.29, 1.82) is 0 Å². The van der Waals surface area contributed by atoms with Gasteiger partial charge in [0.15, 0.2) is 14.9 Å². The Hall–Kier alpha value is -1.16. The van der Waals surface area contributed by atoms with Gasteiger partial charge in [-0.15, -0.1) is 0 Å². The van der Waals surface area contributed by atoms with E-state index >= 15 is 0 Å². The third-order valence-electron chi connectivity index (χ3n) is 2.47. The summed E-state index contributed by atoms with van der Waals surface area (Å²) in [5.41, 5.74) is 1.03. The third kappa shape index (κ3) is 2.45. The first kappa shape index (κ1) is 10.4. The number of hydrogen-bond acceptors (Lipinski definition) is 3. The average molecular weight is 223 g/mol. The van der Waals surface area contributed by atoms with E-state index in [0.717, 1.165) is 24.8 Å². The van der Waals surface area contributed by atoms with Crippen molar-refractivity contribution in [3.8, 4) is 0 Å². The number of hydrogen-bond donors (Lipinski definition) is 0. The standard InChI is InChI=1S/C11H13NO2S/c13-15(14,9-10-5-1-2-6-10)11-7-3-4-8-12-11/h3-5,7-8H,1-2,6,9H2. The van der Waals surface area contributed by atoms with E-state index in [-0.39, 0.29) is 10.8 Å². The molecule has 0 atom stereocenters. The van der Waals surface area contributed by atoms with Crippen molar-refractivity contribution in [3.05, 3.63) is 36.0 Å². The lowest BCUT2D eigenvalue weighted by Crippen LogP contribution is -2.09. The molecule has 15 heavy (non-hydrogen) atoms. The molecule has 0 saturated carbocycles. The van der Waals surface area contributed by atoms with Gasteiger partial charge in [-0.2, -0.15) is 0 Å². The molecule has 4 heteroatoms. The predicted octanol–water partition coefficient (Wildman–Crippen LogP) is 1.97. The van der Waals surface area contributed by atoms with Crippen molar-refractivity contribution in [2.24, 2.45) is 0 Å². The van der Waals surface area contributed by atoms with Gasteiger partial charge in [0.2, 0.25) is 0 Å². The van der Waals surface area contributed by atoms with Crippen LogP contribution in [0.25, 0.3) is 0 Å². The Morgan fingerprint density at radius 3 is 2.80 bits per heavy atom. The van der Waals surface area contributed by atoms with E-state index in [9.17, 15) is 8.42 Å². The highest BCUT2D eigenvalue weighted by molar-refractivity contribution is 7.91. The van der Waals surface area contributed by atoms with Crippen molar-refractivity contribution in [2.45, 2.75) is 24.3 Å². The van der Waals surface area contributed by atoms with Gasteiger partial charge in [0.1, 0.15) is 0 Å². The Balaban J connectivity index is 2.21. The molecular formula is C11H13NO2S. The first-order chi connectivity index (χ1) is 7.18. The highest BCUT2D eigenvalue weighted by atomic mass is 32.2. The molecular weight excluding hydrogens is 210 g/mol. The predicted molar refractivity (Wildman–Crippen MR) is 58.2 cm³/mol. The van der Waals surface area contributed by atoms with Crippen LogP contribution in [0.15, 0.2) is 41.1 Å². The van der Waals surface area contributed by atoms with Crippen LogP contribution in [0.1, 0.15) is 19.3 Å². The van der Waals surface area contributed by atoms with Crippen LogP contribution in [0.3, 0.4) is 0 Å². The minimum absolute atomic E-state index is 0.129. The Morgan fingerprint density at radius 1 is 1.33 bits per heavy atom. The molecule has 0 N–H and O–H groups in total. The van der Waals surface area contributed by atoms with E-state index in [2.05, 4.69) is 4.98 Å². The number of nitrogens with zero attached hydrogens (tertiary/aromatic N) is 1. The van der Waals surface area contributed by atoms with E-state index in [1.54, 1.807) is 18.2 Å². The van der Waals surface area contributed by atoms with Gasteiger partial charge in [0.05, 0.1) is 5.75 Å². The summed E-state index contributed by atoms with van der Waals surface area (Å²) in [7, 11) is -3.22. The smallest absolute Gasteiger partial charge is 0.199 e. The molecule has 1 aromatic rings. The fourth-order valence-electron chi connectivity index (χ4n) is 1.72. The molecule has 0 aromatic carbocycles. The maximum absolute atomic E-state index is 11.9. The van der Waals surface area contributed by atoms with Crippen molar-refractivity contribution >= 4 is 9.84 Å². The minimum Gasteiger partial charge on any atom is -0.245 e. The van der Waals surface area contributed by atoms with Gasteiger partial charge in [-0.25, -0.2) is 13.4 Å². The van der Waals surface area contributed by atoms with Crippen LogP contribution in [0, 0.1) is 0 Å². The van der Waals surface area contributed by atoms with E-state index in [1.807, 2.05) is 6.08 Å². The van der Waals surface area contributed by atoms with Gasteiger partial charge in [-0.1, -0.05) is 17.7 Å².